The molecule has 2 rings (SSSR count). The van der Waals surface area contributed by atoms with Crippen molar-refractivity contribution in [2.24, 2.45) is 0 Å². The van der Waals surface area contributed by atoms with Crippen molar-refractivity contribution in [1.82, 2.24) is 4.90 Å². The number of nitrogens with zero attached hydrogens (tertiary/aromatic N) is 1. The smallest absolute Gasteiger partial charge is 0.387 e. The van der Waals surface area contributed by atoms with E-state index in [-0.39, 0.29) is 11.5 Å². The van der Waals surface area contributed by atoms with E-state index in [1.54, 1.807) is 12.1 Å². The Hall–Kier alpha value is -2.18. The van der Waals surface area contributed by atoms with Gasteiger partial charge in [0.1, 0.15) is 0 Å². The van der Waals surface area contributed by atoms with Gasteiger partial charge in [0.2, 0.25) is 0 Å². The van der Waals surface area contributed by atoms with E-state index in [0.717, 1.165) is 11.1 Å². The first-order valence-electron chi connectivity index (χ1n) is 7.53. The van der Waals surface area contributed by atoms with Crippen LogP contribution in [-0.2, 0) is 6.54 Å². The summed E-state index contributed by atoms with van der Waals surface area (Å²) < 4.78 is 34.2. The minimum atomic E-state index is -2.89. The molecule has 0 fully saturated rings. The highest BCUT2D eigenvalue weighted by Gasteiger charge is 2.14. The maximum absolute atomic E-state index is 12.3. The number of ether oxygens (including phenoxy) is 2. The van der Waals surface area contributed by atoms with E-state index < -0.39 is 12.7 Å². The maximum Gasteiger partial charge on any atom is 0.387 e. The van der Waals surface area contributed by atoms with Gasteiger partial charge in [0.05, 0.1) is 13.2 Å². The minimum Gasteiger partial charge on any atom is -0.493 e. The molecule has 0 saturated carbocycles. The summed E-state index contributed by atoms with van der Waals surface area (Å²) in [6, 6.07) is 14.2. The topological polar surface area (TPSA) is 41.9 Å². The van der Waals surface area contributed by atoms with Gasteiger partial charge in [-0.1, -0.05) is 36.4 Å². The average Bonchev–Trinajstić information content (AvgIpc) is 2.56. The van der Waals surface area contributed by atoms with E-state index >= 15 is 0 Å². The van der Waals surface area contributed by atoms with Crippen molar-refractivity contribution >= 4 is 0 Å². The Labute approximate surface area is 140 Å². The lowest BCUT2D eigenvalue weighted by Crippen LogP contribution is -2.24. The summed E-state index contributed by atoms with van der Waals surface area (Å²) in [4.78, 5) is 1.94. The fraction of sp³-hybridized carbons (Fsp3) is 0.333. The van der Waals surface area contributed by atoms with Gasteiger partial charge >= 0.3 is 6.61 Å². The molecule has 130 valence electrons. The Kier molecular flexibility index (Phi) is 6.52. The Balaban J connectivity index is 1.99. The molecule has 6 heteroatoms. The van der Waals surface area contributed by atoms with Gasteiger partial charge in [0.15, 0.2) is 11.5 Å². The largest absolute Gasteiger partial charge is 0.493 e. The molecule has 0 amide bonds. The summed E-state index contributed by atoms with van der Waals surface area (Å²) in [7, 11) is 3.28. The molecule has 0 bridgehead atoms. The Morgan fingerprint density at radius 2 is 1.79 bits per heavy atom. The number of hydrogen-bond acceptors (Lipinski definition) is 4. The number of likely N-dealkylation sites (N-methyl/N-ethyl adjacent to an activating group) is 1. The molecule has 0 aliphatic rings. The first-order valence-corrected chi connectivity index (χ1v) is 7.53. The third-order valence-electron chi connectivity index (χ3n) is 3.57. The molecular weight excluding hydrogens is 316 g/mol. The molecule has 24 heavy (non-hydrogen) atoms. The standard InChI is InChI=1S/C18H21F2NO3/c1-21(12-15(22)14-6-4-3-5-7-14)11-13-8-9-16(24-18(19)20)17(10-13)23-2/h3-10,15,18,22H,11-12H2,1-2H3. The van der Waals surface area contributed by atoms with Crippen LogP contribution in [0.15, 0.2) is 48.5 Å². The number of aliphatic hydroxyl groups is 1. The fourth-order valence-corrected chi connectivity index (χ4v) is 2.46. The molecule has 0 spiro atoms. The van der Waals surface area contributed by atoms with Crippen molar-refractivity contribution in [2.75, 3.05) is 20.7 Å². The minimum absolute atomic E-state index is 0.00298. The summed E-state index contributed by atoms with van der Waals surface area (Å²) in [5, 5.41) is 10.2. The molecule has 0 aromatic heterocycles. The highest BCUT2D eigenvalue weighted by molar-refractivity contribution is 5.43. The normalized spacial score (nSPS) is 12.5. The van der Waals surface area contributed by atoms with Crippen LogP contribution in [0, 0.1) is 0 Å². The molecule has 0 heterocycles. The summed E-state index contributed by atoms with van der Waals surface area (Å²) in [6.45, 7) is -1.91. The van der Waals surface area contributed by atoms with Crippen LogP contribution in [0.4, 0.5) is 8.78 Å². The molecule has 0 aliphatic carbocycles. The zero-order chi connectivity index (χ0) is 17.5. The SMILES string of the molecule is COc1cc(CN(C)CC(O)c2ccccc2)ccc1OC(F)F. The summed E-state index contributed by atoms with van der Waals surface area (Å²) in [5.41, 5.74) is 1.72. The van der Waals surface area contributed by atoms with E-state index in [1.165, 1.54) is 13.2 Å². The predicted molar refractivity (Wildman–Crippen MR) is 87.4 cm³/mol. The van der Waals surface area contributed by atoms with E-state index in [2.05, 4.69) is 4.74 Å². The second kappa shape index (κ2) is 8.61. The zero-order valence-corrected chi connectivity index (χ0v) is 13.7. The lowest BCUT2D eigenvalue weighted by atomic mass is 10.1. The number of aliphatic hydroxyl groups excluding tert-OH is 1. The van der Waals surface area contributed by atoms with Crippen LogP contribution in [0.25, 0.3) is 0 Å². The Morgan fingerprint density at radius 3 is 2.42 bits per heavy atom. The summed E-state index contributed by atoms with van der Waals surface area (Å²) in [6.07, 6.45) is -0.598. The molecule has 0 radical (unpaired) electrons. The molecule has 0 saturated heterocycles. The molecule has 4 nitrogen and oxygen atoms in total. The molecule has 1 atom stereocenters. The van der Waals surface area contributed by atoms with E-state index in [1.807, 2.05) is 42.3 Å². The number of hydrogen-bond donors (Lipinski definition) is 1. The number of halogens is 2. The van der Waals surface area contributed by atoms with Gasteiger partial charge in [0.25, 0.3) is 0 Å². The van der Waals surface area contributed by atoms with Crippen LogP contribution in [0.2, 0.25) is 0 Å². The van der Waals surface area contributed by atoms with Gasteiger partial charge < -0.3 is 14.6 Å². The predicted octanol–water partition coefficient (Wildman–Crippen LogP) is 3.46. The second-order valence-electron chi connectivity index (χ2n) is 5.49. The molecule has 2 aromatic carbocycles. The highest BCUT2D eigenvalue weighted by Crippen LogP contribution is 2.30. The molecule has 1 unspecified atom stereocenters. The lowest BCUT2D eigenvalue weighted by molar-refractivity contribution is -0.0512. The first kappa shape index (κ1) is 18.2. The van der Waals surface area contributed by atoms with Crippen LogP contribution in [-0.4, -0.2) is 37.3 Å². The molecule has 1 N–H and O–H groups in total. The van der Waals surface area contributed by atoms with E-state index in [4.69, 9.17) is 4.74 Å². The maximum atomic E-state index is 12.3. The lowest BCUT2D eigenvalue weighted by Gasteiger charge is -2.21. The van der Waals surface area contributed by atoms with Crippen molar-refractivity contribution in [2.45, 2.75) is 19.3 Å². The average molecular weight is 337 g/mol. The van der Waals surface area contributed by atoms with Crippen molar-refractivity contribution in [3.8, 4) is 11.5 Å². The van der Waals surface area contributed by atoms with Gasteiger partial charge in [-0.15, -0.1) is 0 Å². The Bertz CT molecular complexity index is 637. The highest BCUT2D eigenvalue weighted by atomic mass is 19.3. The van der Waals surface area contributed by atoms with Gasteiger partial charge in [0, 0.05) is 13.1 Å². The van der Waals surface area contributed by atoms with Crippen molar-refractivity contribution in [3.63, 3.8) is 0 Å². The monoisotopic (exact) mass is 337 g/mol. The molecule has 0 aliphatic heterocycles. The van der Waals surface area contributed by atoms with Gasteiger partial charge in [-0.3, -0.25) is 4.90 Å². The van der Waals surface area contributed by atoms with Gasteiger partial charge in [-0.25, -0.2) is 0 Å². The van der Waals surface area contributed by atoms with Crippen LogP contribution >= 0.6 is 0 Å². The van der Waals surface area contributed by atoms with Crippen LogP contribution < -0.4 is 9.47 Å². The second-order valence-corrected chi connectivity index (χ2v) is 5.49. The molecular formula is C18H21F2NO3. The summed E-state index contributed by atoms with van der Waals surface area (Å²) in [5.74, 6) is 0.257. The number of benzene rings is 2. The molecule has 2 aromatic rings. The van der Waals surface area contributed by atoms with Crippen LogP contribution in [0.5, 0.6) is 11.5 Å². The number of rotatable bonds is 8. The third-order valence-corrected chi connectivity index (χ3v) is 3.57. The van der Waals surface area contributed by atoms with E-state index in [9.17, 15) is 13.9 Å². The van der Waals surface area contributed by atoms with Crippen molar-refractivity contribution in [1.29, 1.82) is 0 Å². The van der Waals surface area contributed by atoms with Gasteiger partial charge in [-0.2, -0.15) is 8.78 Å². The fourth-order valence-electron chi connectivity index (χ4n) is 2.46. The van der Waals surface area contributed by atoms with Crippen molar-refractivity contribution < 1.29 is 23.4 Å². The van der Waals surface area contributed by atoms with Crippen LogP contribution in [0.1, 0.15) is 17.2 Å². The quantitative estimate of drug-likeness (QED) is 0.801. The third kappa shape index (κ3) is 5.18. The Morgan fingerprint density at radius 1 is 1.08 bits per heavy atom. The number of alkyl halides is 2. The summed E-state index contributed by atoms with van der Waals surface area (Å²) >= 11 is 0. The zero-order valence-electron chi connectivity index (χ0n) is 13.7. The van der Waals surface area contributed by atoms with Gasteiger partial charge in [-0.05, 0) is 30.3 Å². The number of methoxy groups -OCH3 is 1. The van der Waals surface area contributed by atoms with E-state index in [0.29, 0.717) is 13.1 Å². The first-order chi connectivity index (χ1) is 11.5. The van der Waals surface area contributed by atoms with Crippen LogP contribution in [0.3, 0.4) is 0 Å². The van der Waals surface area contributed by atoms with Crippen molar-refractivity contribution in [3.05, 3.63) is 59.7 Å².